The van der Waals surface area contributed by atoms with Crippen LogP contribution in [0.5, 0.6) is 11.5 Å². The highest BCUT2D eigenvalue weighted by Gasteiger charge is 2.14. The maximum atomic E-state index is 5.54. The van der Waals surface area contributed by atoms with Crippen LogP contribution in [0.15, 0.2) is 42.6 Å². The van der Waals surface area contributed by atoms with Gasteiger partial charge in [-0.15, -0.1) is 0 Å². The summed E-state index contributed by atoms with van der Waals surface area (Å²) in [5.41, 5.74) is 3.77. The van der Waals surface area contributed by atoms with Crippen LogP contribution in [0.3, 0.4) is 0 Å². The van der Waals surface area contributed by atoms with E-state index in [4.69, 9.17) is 19.2 Å². The second kappa shape index (κ2) is 7.17. The number of hydrogen-bond acceptors (Lipinski definition) is 6. The van der Waals surface area contributed by atoms with Crippen molar-refractivity contribution in [2.45, 2.75) is 0 Å². The Morgan fingerprint density at radius 2 is 1.81 bits per heavy atom. The number of anilines is 1. The Morgan fingerprint density at radius 3 is 2.58 bits per heavy atom. The summed E-state index contributed by atoms with van der Waals surface area (Å²) in [6.45, 7) is 3.13. The average Bonchev–Trinajstić information content (AvgIpc) is 2.73. The molecule has 2 aromatic carbocycles. The molecule has 1 saturated heterocycles. The molecule has 26 heavy (non-hydrogen) atoms. The van der Waals surface area contributed by atoms with Crippen molar-refractivity contribution in [2.75, 3.05) is 45.4 Å². The fraction of sp³-hybridized carbons (Fsp3) is 0.300. The SMILES string of the molecule is COc1ccc(-c2ccc3ncc(N4CCOCC4)nc3c2)c(OC)c1. The van der Waals surface area contributed by atoms with Gasteiger partial charge < -0.3 is 19.1 Å². The number of benzene rings is 2. The van der Waals surface area contributed by atoms with Crippen molar-refractivity contribution in [3.8, 4) is 22.6 Å². The summed E-state index contributed by atoms with van der Waals surface area (Å²) >= 11 is 0. The molecule has 4 rings (SSSR count). The van der Waals surface area contributed by atoms with Crippen LogP contribution in [0.4, 0.5) is 5.82 Å². The van der Waals surface area contributed by atoms with Gasteiger partial charge in [0.25, 0.3) is 0 Å². The highest BCUT2D eigenvalue weighted by molar-refractivity contribution is 5.84. The van der Waals surface area contributed by atoms with Gasteiger partial charge in [-0.1, -0.05) is 6.07 Å². The van der Waals surface area contributed by atoms with Crippen LogP contribution in [0, 0.1) is 0 Å². The van der Waals surface area contributed by atoms with Crippen LogP contribution in [-0.2, 0) is 4.74 Å². The molecule has 1 aliphatic rings. The first-order chi connectivity index (χ1) is 12.8. The van der Waals surface area contributed by atoms with Crippen molar-refractivity contribution in [2.24, 2.45) is 0 Å². The first-order valence-electron chi connectivity index (χ1n) is 8.60. The third-order valence-electron chi connectivity index (χ3n) is 4.58. The normalized spacial score (nSPS) is 14.5. The van der Waals surface area contributed by atoms with Gasteiger partial charge in [0.05, 0.1) is 44.7 Å². The Kier molecular flexibility index (Phi) is 4.58. The zero-order chi connectivity index (χ0) is 17.9. The van der Waals surface area contributed by atoms with Gasteiger partial charge in [0.2, 0.25) is 0 Å². The Morgan fingerprint density at radius 1 is 0.962 bits per heavy atom. The van der Waals surface area contributed by atoms with E-state index in [1.54, 1.807) is 14.2 Å². The molecule has 134 valence electrons. The minimum atomic E-state index is 0.725. The topological polar surface area (TPSA) is 56.7 Å². The van der Waals surface area contributed by atoms with Crippen LogP contribution >= 0.6 is 0 Å². The predicted molar refractivity (Wildman–Crippen MR) is 101 cm³/mol. The van der Waals surface area contributed by atoms with E-state index in [1.807, 2.05) is 36.5 Å². The van der Waals surface area contributed by atoms with Gasteiger partial charge in [-0.3, -0.25) is 4.98 Å². The Labute approximate surface area is 152 Å². The summed E-state index contributed by atoms with van der Waals surface area (Å²) in [7, 11) is 3.31. The number of nitrogens with zero attached hydrogens (tertiary/aromatic N) is 3. The van der Waals surface area contributed by atoms with Gasteiger partial charge in [-0.2, -0.15) is 0 Å². The van der Waals surface area contributed by atoms with Crippen molar-refractivity contribution in [1.29, 1.82) is 0 Å². The van der Waals surface area contributed by atoms with Crippen LogP contribution in [0.25, 0.3) is 22.2 Å². The molecule has 0 N–H and O–H groups in total. The summed E-state index contributed by atoms with van der Waals surface area (Å²) in [5.74, 6) is 2.42. The standard InChI is InChI=1S/C20H21N3O3/c1-24-15-4-5-16(19(12-15)25-2)14-3-6-17-18(11-14)22-20(13-21-17)23-7-9-26-10-8-23/h3-6,11-13H,7-10H2,1-2H3. The molecule has 0 saturated carbocycles. The van der Waals surface area contributed by atoms with E-state index < -0.39 is 0 Å². The second-order valence-corrected chi connectivity index (χ2v) is 6.10. The van der Waals surface area contributed by atoms with E-state index in [2.05, 4.69) is 16.0 Å². The molecule has 2 heterocycles. The highest BCUT2D eigenvalue weighted by atomic mass is 16.5. The van der Waals surface area contributed by atoms with Crippen molar-refractivity contribution < 1.29 is 14.2 Å². The lowest BCUT2D eigenvalue weighted by Gasteiger charge is -2.27. The molecule has 6 nitrogen and oxygen atoms in total. The number of fused-ring (bicyclic) bond motifs is 1. The van der Waals surface area contributed by atoms with Gasteiger partial charge in [0.1, 0.15) is 17.3 Å². The molecule has 0 amide bonds. The first kappa shape index (κ1) is 16.6. The van der Waals surface area contributed by atoms with E-state index in [-0.39, 0.29) is 0 Å². The lowest BCUT2D eigenvalue weighted by atomic mass is 10.0. The molecular formula is C20H21N3O3. The Hall–Kier alpha value is -2.86. The van der Waals surface area contributed by atoms with Crippen LogP contribution in [0.2, 0.25) is 0 Å². The van der Waals surface area contributed by atoms with Crippen molar-refractivity contribution >= 4 is 16.9 Å². The largest absolute Gasteiger partial charge is 0.497 e. The maximum absolute atomic E-state index is 5.54. The molecular weight excluding hydrogens is 330 g/mol. The molecule has 0 spiro atoms. The average molecular weight is 351 g/mol. The lowest BCUT2D eigenvalue weighted by Crippen LogP contribution is -2.36. The van der Waals surface area contributed by atoms with E-state index in [1.165, 1.54) is 0 Å². The lowest BCUT2D eigenvalue weighted by molar-refractivity contribution is 0.122. The van der Waals surface area contributed by atoms with E-state index >= 15 is 0 Å². The summed E-state index contributed by atoms with van der Waals surface area (Å²) in [6, 6.07) is 11.9. The number of morpholine rings is 1. The summed E-state index contributed by atoms with van der Waals surface area (Å²) in [5, 5.41) is 0. The third kappa shape index (κ3) is 3.15. The molecule has 0 radical (unpaired) electrons. The molecule has 0 atom stereocenters. The zero-order valence-corrected chi connectivity index (χ0v) is 14.9. The fourth-order valence-corrected chi connectivity index (χ4v) is 3.15. The number of hydrogen-bond donors (Lipinski definition) is 0. The maximum Gasteiger partial charge on any atom is 0.148 e. The van der Waals surface area contributed by atoms with Gasteiger partial charge in [-0.05, 0) is 29.8 Å². The Bertz CT molecular complexity index is 923. The van der Waals surface area contributed by atoms with Crippen molar-refractivity contribution in [3.05, 3.63) is 42.6 Å². The molecule has 3 aromatic rings. The molecule has 1 fully saturated rings. The van der Waals surface area contributed by atoms with E-state index in [0.717, 1.165) is 65.8 Å². The van der Waals surface area contributed by atoms with Gasteiger partial charge in [0.15, 0.2) is 0 Å². The highest BCUT2D eigenvalue weighted by Crippen LogP contribution is 2.34. The summed E-state index contributed by atoms with van der Waals surface area (Å²) in [4.78, 5) is 11.6. The molecule has 0 unspecified atom stereocenters. The van der Waals surface area contributed by atoms with Crippen molar-refractivity contribution in [3.63, 3.8) is 0 Å². The predicted octanol–water partition coefficient (Wildman–Crippen LogP) is 3.15. The smallest absolute Gasteiger partial charge is 0.148 e. The number of aromatic nitrogens is 2. The zero-order valence-electron chi connectivity index (χ0n) is 14.9. The quantitative estimate of drug-likeness (QED) is 0.720. The van der Waals surface area contributed by atoms with Crippen molar-refractivity contribution in [1.82, 2.24) is 9.97 Å². The van der Waals surface area contributed by atoms with E-state index in [0.29, 0.717) is 0 Å². The number of ether oxygens (including phenoxy) is 3. The second-order valence-electron chi connectivity index (χ2n) is 6.10. The van der Waals surface area contributed by atoms with Gasteiger partial charge >= 0.3 is 0 Å². The Balaban J connectivity index is 1.74. The van der Waals surface area contributed by atoms with E-state index in [9.17, 15) is 0 Å². The van der Waals surface area contributed by atoms with Crippen LogP contribution in [-0.4, -0.2) is 50.5 Å². The fourth-order valence-electron chi connectivity index (χ4n) is 3.15. The minimum Gasteiger partial charge on any atom is -0.497 e. The molecule has 0 bridgehead atoms. The monoisotopic (exact) mass is 351 g/mol. The van der Waals surface area contributed by atoms with Gasteiger partial charge in [-0.25, -0.2) is 4.98 Å². The summed E-state index contributed by atoms with van der Waals surface area (Å²) in [6.07, 6.45) is 1.83. The molecule has 6 heteroatoms. The summed E-state index contributed by atoms with van der Waals surface area (Å²) < 4.78 is 16.2. The number of methoxy groups -OCH3 is 2. The molecule has 0 aliphatic carbocycles. The first-order valence-corrected chi connectivity index (χ1v) is 8.60. The van der Waals surface area contributed by atoms with Crippen LogP contribution < -0.4 is 14.4 Å². The van der Waals surface area contributed by atoms with Gasteiger partial charge in [0, 0.05) is 24.7 Å². The van der Waals surface area contributed by atoms with Crippen LogP contribution in [0.1, 0.15) is 0 Å². The molecule has 1 aliphatic heterocycles. The minimum absolute atomic E-state index is 0.725. The number of rotatable bonds is 4. The third-order valence-corrected chi connectivity index (χ3v) is 4.58. The molecule has 1 aromatic heterocycles.